The van der Waals surface area contributed by atoms with Gasteiger partial charge in [0.15, 0.2) is 34.9 Å². The van der Waals surface area contributed by atoms with Crippen LogP contribution in [0, 0.1) is 0 Å². The van der Waals surface area contributed by atoms with Gasteiger partial charge in [-0.1, -0.05) is 346 Å². The van der Waals surface area contributed by atoms with E-state index in [1.807, 2.05) is 162 Å². The van der Waals surface area contributed by atoms with Gasteiger partial charge < -0.3 is 9.13 Å². The van der Waals surface area contributed by atoms with Crippen LogP contribution in [0.25, 0.3) is 242 Å². The highest BCUT2D eigenvalue weighted by molar-refractivity contribution is 7.27. The lowest BCUT2D eigenvalue weighted by Gasteiger charge is -2.15. The Kier molecular flexibility index (Phi) is 19.4. The summed E-state index contributed by atoms with van der Waals surface area (Å²) in [5.74, 6) is 3.51. The minimum absolute atomic E-state index is 0.550. The third kappa shape index (κ3) is 14.0. The maximum Gasteiger partial charge on any atom is 0.166 e. The molecule has 0 spiro atoms. The maximum absolute atomic E-state index is 5.41. The maximum atomic E-state index is 5.41. The summed E-state index contributed by atoms with van der Waals surface area (Å²) < 4.78 is 9.73. The Labute approximate surface area is 757 Å². The number of para-hydroxylation sites is 4. The highest BCUT2D eigenvalue weighted by Crippen LogP contribution is 2.50. The molecule has 0 unspecified atom stereocenters. The van der Waals surface area contributed by atoms with Gasteiger partial charge in [0.25, 0.3) is 0 Å². The van der Waals surface area contributed by atoms with E-state index in [-0.39, 0.29) is 0 Å². The molecule has 8 aromatic heterocycles. The van der Waals surface area contributed by atoms with Gasteiger partial charge >= 0.3 is 0 Å². The van der Waals surface area contributed by atoms with Crippen LogP contribution in [0.2, 0.25) is 0 Å². The second-order valence-corrected chi connectivity index (χ2v) is 34.5. The van der Waals surface area contributed by atoms with Crippen LogP contribution < -0.4 is 0 Å². The van der Waals surface area contributed by atoms with Crippen molar-refractivity contribution in [1.82, 2.24) is 49.0 Å². The van der Waals surface area contributed by atoms with Crippen LogP contribution in [0.4, 0.5) is 0 Å². The number of pyridine rings is 2. The molecule has 8 heterocycles. The molecular formula is C118H74N10S2. The zero-order valence-corrected chi connectivity index (χ0v) is 71.6. The van der Waals surface area contributed by atoms with E-state index in [1.54, 1.807) is 0 Å². The van der Waals surface area contributed by atoms with Crippen molar-refractivity contribution in [2.24, 2.45) is 0 Å². The third-order valence-electron chi connectivity index (χ3n) is 24.6. The molecular weight excluding hydrogens is 1620 g/mol. The topological polar surface area (TPSA) is 113 Å². The summed E-state index contributed by atoms with van der Waals surface area (Å²) in [6.45, 7) is 0. The highest BCUT2D eigenvalue weighted by Gasteiger charge is 2.27. The van der Waals surface area contributed by atoms with Crippen molar-refractivity contribution in [2.45, 2.75) is 0 Å². The summed E-state index contributed by atoms with van der Waals surface area (Å²) in [6.07, 6.45) is 4.01. The first-order valence-electron chi connectivity index (χ1n) is 43.5. The van der Waals surface area contributed by atoms with Crippen molar-refractivity contribution in [3.05, 3.63) is 449 Å². The molecule has 0 N–H and O–H groups in total. The Morgan fingerprint density at radius 3 is 1.00 bits per heavy atom. The lowest BCUT2D eigenvalue weighted by molar-refractivity contribution is 1.07. The van der Waals surface area contributed by atoms with Gasteiger partial charge in [-0.05, 0) is 136 Å². The van der Waals surface area contributed by atoms with Gasteiger partial charge in [-0.2, -0.15) is 0 Å². The Balaban J connectivity index is 0.000000145. The fraction of sp³-hybridized carbons (Fsp3) is 0. The lowest BCUT2D eigenvalue weighted by atomic mass is 9.92. The van der Waals surface area contributed by atoms with Gasteiger partial charge in [0, 0.05) is 132 Å². The van der Waals surface area contributed by atoms with E-state index in [9.17, 15) is 0 Å². The van der Waals surface area contributed by atoms with Crippen molar-refractivity contribution < 1.29 is 0 Å². The molecule has 0 fully saturated rings. The molecule has 10 nitrogen and oxygen atoms in total. The molecule has 0 saturated carbocycles. The molecule has 17 aromatic carbocycles. The lowest BCUT2D eigenvalue weighted by Crippen LogP contribution is -2.02. The standard InChI is InChI=1S/C62H39N5S.C56H35N5S/c1-6-18-40(19-7-1)45-34-46(41-20-8-2-9-21-41)36-47(35-45)48-38-54(62-65-60(42-22-10-3-11-23-42)64-61(66-62)43-24-12-4-13-25-43)57(63-39-48)44-30-33-56-53(37-44)52-32-31-51-50-28-16-17-29-55(50)67(58(51)59(52)68-56)49-26-14-5-15-27-49;1-5-17-36(18-6-1)39-23-15-24-40(33-39)41-34-47(56-59-54(37-19-7-2-8-20-37)58-55(60-56)38-21-9-3-10-22-38)51(57-35-41)45-28-16-30-49-50(45)46-32-31-44-43-27-13-14-29-48(43)61(52(44)53(46)62-49)42-25-11-4-12-26-42/h1-39H;1-35H. The molecule has 0 aliphatic rings. The molecule has 0 aliphatic heterocycles. The number of aromatic nitrogens is 10. The zero-order chi connectivity index (χ0) is 86.0. The predicted molar refractivity (Wildman–Crippen MR) is 540 cm³/mol. The van der Waals surface area contributed by atoms with Crippen LogP contribution in [0.3, 0.4) is 0 Å². The van der Waals surface area contributed by atoms with E-state index >= 15 is 0 Å². The number of benzene rings is 17. The molecule has 25 aromatic rings. The molecule has 130 heavy (non-hydrogen) atoms. The first-order valence-corrected chi connectivity index (χ1v) is 45.1. The minimum Gasteiger partial charge on any atom is -0.308 e. The Hall–Kier alpha value is -16.9. The SMILES string of the molecule is c1ccc(-c2cc(-c3ccccc3)cc(-c3cnc(-c4ccc5sc6c(ccc7c8ccccc8n(-c8ccccc8)c76)c5c4)c(-c4nc(-c5ccccc5)nc(-c5ccccc5)n4)c3)c2)cc1.c1ccc(-c2cccc(-c3cnc(-c4cccc5sc6c(ccc7c8ccccc8n(-c8ccccc8)c76)c45)c(-c4nc(-c5ccccc5)nc(-c5ccccc5)n4)c3)c2)cc1. The molecule has 0 atom stereocenters. The number of rotatable bonds is 15. The summed E-state index contributed by atoms with van der Waals surface area (Å²) in [6, 6.07) is 153. The molecule has 0 saturated heterocycles. The summed E-state index contributed by atoms with van der Waals surface area (Å²) in [5.41, 5.74) is 26.9. The van der Waals surface area contributed by atoms with Gasteiger partial charge in [-0.25, -0.2) is 29.9 Å². The monoisotopic (exact) mass is 1690 g/mol. The van der Waals surface area contributed by atoms with Crippen molar-refractivity contribution in [3.63, 3.8) is 0 Å². The molecule has 0 amide bonds. The predicted octanol–water partition coefficient (Wildman–Crippen LogP) is 31.1. The summed E-state index contributed by atoms with van der Waals surface area (Å²) in [7, 11) is 0. The summed E-state index contributed by atoms with van der Waals surface area (Å²) >= 11 is 3.68. The van der Waals surface area contributed by atoms with Crippen LogP contribution in [0.15, 0.2) is 449 Å². The number of hydrogen-bond acceptors (Lipinski definition) is 10. The van der Waals surface area contributed by atoms with Gasteiger partial charge in [0.2, 0.25) is 0 Å². The van der Waals surface area contributed by atoms with E-state index in [0.717, 1.165) is 128 Å². The average Bonchev–Trinajstić information content (AvgIpc) is 1.57. The van der Waals surface area contributed by atoms with Crippen LogP contribution in [-0.2, 0) is 0 Å². The largest absolute Gasteiger partial charge is 0.308 e. The molecule has 0 bridgehead atoms. The third-order valence-corrected chi connectivity index (χ3v) is 26.9. The van der Waals surface area contributed by atoms with Gasteiger partial charge in [-0.3, -0.25) is 9.97 Å². The fourth-order valence-electron chi connectivity index (χ4n) is 18.4. The first-order chi connectivity index (χ1) is 64.4. The van der Waals surface area contributed by atoms with Crippen LogP contribution >= 0.6 is 22.7 Å². The van der Waals surface area contributed by atoms with E-state index in [4.69, 9.17) is 39.9 Å². The van der Waals surface area contributed by atoms with E-state index in [0.29, 0.717) is 34.9 Å². The van der Waals surface area contributed by atoms with Crippen LogP contribution in [0.1, 0.15) is 0 Å². The Morgan fingerprint density at radius 2 is 0.523 bits per heavy atom. The van der Waals surface area contributed by atoms with E-state index in [2.05, 4.69) is 319 Å². The molecule has 12 heteroatoms. The molecule has 608 valence electrons. The molecule has 0 aliphatic carbocycles. The fourth-order valence-corrected chi connectivity index (χ4v) is 20.9. The first kappa shape index (κ1) is 76.7. The second-order valence-electron chi connectivity index (χ2n) is 32.4. The Morgan fingerprint density at radius 1 is 0.185 bits per heavy atom. The van der Waals surface area contributed by atoms with Crippen molar-refractivity contribution >= 4 is 107 Å². The van der Waals surface area contributed by atoms with Crippen LogP contribution in [0.5, 0.6) is 0 Å². The van der Waals surface area contributed by atoms with Gasteiger partial charge in [-0.15, -0.1) is 22.7 Å². The normalized spacial score (nSPS) is 11.5. The zero-order valence-electron chi connectivity index (χ0n) is 70.0. The van der Waals surface area contributed by atoms with Gasteiger partial charge in [0.1, 0.15) is 0 Å². The second kappa shape index (κ2) is 32.9. The van der Waals surface area contributed by atoms with Crippen molar-refractivity contribution in [3.8, 4) is 158 Å². The highest BCUT2D eigenvalue weighted by atomic mass is 32.1. The summed E-state index contributed by atoms with van der Waals surface area (Å²) in [4.78, 5) is 42.0. The van der Waals surface area contributed by atoms with Crippen LogP contribution in [-0.4, -0.2) is 49.0 Å². The minimum atomic E-state index is 0.550. The number of nitrogens with zero attached hydrogens (tertiary/aromatic N) is 10. The number of fused-ring (bicyclic) bond motifs is 14. The van der Waals surface area contributed by atoms with Crippen molar-refractivity contribution in [2.75, 3.05) is 0 Å². The smallest absolute Gasteiger partial charge is 0.166 e. The number of hydrogen-bond donors (Lipinski definition) is 0. The van der Waals surface area contributed by atoms with E-state index < -0.39 is 0 Å². The average molecular weight is 1700 g/mol. The quantitative estimate of drug-likeness (QED) is 0.0997. The Bertz CT molecular complexity index is 8450. The molecule has 0 radical (unpaired) electrons. The van der Waals surface area contributed by atoms with Crippen molar-refractivity contribution in [1.29, 1.82) is 0 Å². The molecule has 25 rings (SSSR count). The van der Waals surface area contributed by atoms with E-state index in [1.165, 1.54) is 78.6 Å². The van der Waals surface area contributed by atoms with Gasteiger partial charge in [0.05, 0.1) is 42.9 Å². The number of thiophene rings is 2. The summed E-state index contributed by atoms with van der Waals surface area (Å²) in [5, 5.41) is 9.69.